The number of benzene rings is 1. The number of hydrogen-bond donors (Lipinski definition) is 1. The molecular weight excluding hydrogens is 220 g/mol. The Hall–Kier alpha value is -1.02. The Kier molecular flexibility index (Phi) is 3.29. The van der Waals surface area contributed by atoms with Crippen molar-refractivity contribution in [3.8, 4) is 0 Å². The maximum absolute atomic E-state index is 5.98. The maximum Gasteiger partial charge on any atom is 0.0401 e. The van der Waals surface area contributed by atoms with Gasteiger partial charge in [-0.2, -0.15) is 0 Å². The van der Waals surface area contributed by atoms with Crippen LogP contribution in [0.3, 0.4) is 0 Å². The predicted octanol–water partition coefficient (Wildman–Crippen LogP) is 2.96. The molecule has 1 aromatic carbocycles. The van der Waals surface area contributed by atoms with Crippen LogP contribution in [0.1, 0.15) is 38.2 Å². The van der Waals surface area contributed by atoms with Crippen molar-refractivity contribution in [3.63, 3.8) is 0 Å². The molecule has 2 nitrogen and oxygen atoms in total. The third kappa shape index (κ3) is 2.86. The molecule has 0 bridgehead atoms. The molecule has 2 aliphatic rings. The van der Waals surface area contributed by atoms with Crippen molar-refractivity contribution in [1.82, 2.24) is 0 Å². The lowest BCUT2D eigenvalue weighted by Crippen LogP contribution is -2.30. The number of rotatable bonds is 6. The van der Waals surface area contributed by atoms with Gasteiger partial charge in [-0.15, -0.1) is 0 Å². The average Bonchev–Trinajstić information content (AvgIpc) is 3.20. The highest BCUT2D eigenvalue weighted by Crippen LogP contribution is 2.38. The van der Waals surface area contributed by atoms with Gasteiger partial charge in [0.05, 0.1) is 0 Å². The van der Waals surface area contributed by atoms with E-state index in [4.69, 9.17) is 5.73 Å². The van der Waals surface area contributed by atoms with Gasteiger partial charge >= 0.3 is 0 Å². The van der Waals surface area contributed by atoms with Gasteiger partial charge in [0.1, 0.15) is 0 Å². The van der Waals surface area contributed by atoms with Crippen LogP contribution in [0.4, 0.5) is 5.69 Å². The number of anilines is 1. The minimum absolute atomic E-state index is 0.244. The van der Waals surface area contributed by atoms with Crippen molar-refractivity contribution in [2.45, 2.75) is 51.1 Å². The molecule has 3 rings (SSSR count). The zero-order valence-corrected chi connectivity index (χ0v) is 11.3. The van der Waals surface area contributed by atoms with Gasteiger partial charge in [0.15, 0.2) is 0 Å². The summed E-state index contributed by atoms with van der Waals surface area (Å²) in [7, 11) is 0. The SMILES string of the molecule is CC(N)Cc1ccccc1N(CC1CC1)C1CC1. The van der Waals surface area contributed by atoms with Crippen LogP contribution in [0, 0.1) is 5.92 Å². The molecule has 0 aliphatic heterocycles. The first-order valence-electron chi connectivity index (χ1n) is 7.34. The van der Waals surface area contributed by atoms with E-state index in [9.17, 15) is 0 Å². The monoisotopic (exact) mass is 244 g/mol. The van der Waals surface area contributed by atoms with Crippen LogP contribution in [0.2, 0.25) is 0 Å². The van der Waals surface area contributed by atoms with E-state index in [0.717, 1.165) is 18.4 Å². The molecule has 0 aromatic heterocycles. The van der Waals surface area contributed by atoms with Crippen molar-refractivity contribution in [3.05, 3.63) is 29.8 Å². The summed E-state index contributed by atoms with van der Waals surface area (Å²) >= 11 is 0. The van der Waals surface area contributed by atoms with Crippen molar-refractivity contribution in [1.29, 1.82) is 0 Å². The van der Waals surface area contributed by atoms with Gasteiger partial charge in [0, 0.05) is 24.3 Å². The number of nitrogens with zero attached hydrogens (tertiary/aromatic N) is 1. The Balaban J connectivity index is 1.82. The summed E-state index contributed by atoms with van der Waals surface area (Å²) in [6.45, 7) is 3.36. The summed E-state index contributed by atoms with van der Waals surface area (Å²) in [4.78, 5) is 2.66. The summed E-state index contributed by atoms with van der Waals surface area (Å²) in [5.74, 6) is 0.953. The van der Waals surface area contributed by atoms with Crippen molar-refractivity contribution in [2.75, 3.05) is 11.4 Å². The highest BCUT2D eigenvalue weighted by Gasteiger charge is 2.34. The molecule has 0 amide bonds. The van der Waals surface area contributed by atoms with E-state index < -0.39 is 0 Å². The predicted molar refractivity (Wildman–Crippen MR) is 76.9 cm³/mol. The number of hydrogen-bond acceptors (Lipinski definition) is 2. The Bertz CT molecular complexity index is 405. The van der Waals surface area contributed by atoms with Crippen LogP contribution >= 0.6 is 0 Å². The van der Waals surface area contributed by atoms with Gasteiger partial charge in [0.2, 0.25) is 0 Å². The molecule has 0 radical (unpaired) electrons. The second kappa shape index (κ2) is 4.93. The van der Waals surface area contributed by atoms with E-state index in [-0.39, 0.29) is 6.04 Å². The first-order valence-corrected chi connectivity index (χ1v) is 7.34. The van der Waals surface area contributed by atoms with Gasteiger partial charge in [0.25, 0.3) is 0 Å². The van der Waals surface area contributed by atoms with Gasteiger partial charge in [-0.05, 0) is 56.6 Å². The lowest BCUT2D eigenvalue weighted by molar-refractivity contribution is 0.699. The molecule has 0 spiro atoms. The molecule has 2 heteroatoms. The summed E-state index contributed by atoms with van der Waals surface area (Å²) < 4.78 is 0. The normalized spacial score (nSPS) is 20.8. The van der Waals surface area contributed by atoms with Gasteiger partial charge in [-0.1, -0.05) is 18.2 Å². The first-order chi connectivity index (χ1) is 8.74. The summed E-state index contributed by atoms with van der Waals surface area (Å²) in [5.41, 5.74) is 8.86. The Morgan fingerprint density at radius 1 is 1.22 bits per heavy atom. The Morgan fingerprint density at radius 3 is 2.56 bits per heavy atom. The van der Waals surface area contributed by atoms with Crippen molar-refractivity contribution < 1.29 is 0 Å². The van der Waals surface area contributed by atoms with E-state index in [0.29, 0.717) is 0 Å². The standard InChI is InChI=1S/C16H24N2/c1-12(17)10-14-4-2-3-5-16(14)18(15-8-9-15)11-13-6-7-13/h2-5,12-13,15H,6-11,17H2,1H3. The molecule has 2 fully saturated rings. The molecule has 2 aliphatic carbocycles. The van der Waals surface area contributed by atoms with Gasteiger partial charge < -0.3 is 10.6 Å². The topological polar surface area (TPSA) is 29.3 Å². The average molecular weight is 244 g/mol. The van der Waals surface area contributed by atoms with E-state index in [1.165, 1.54) is 43.5 Å². The van der Waals surface area contributed by atoms with E-state index in [1.807, 2.05) is 0 Å². The van der Waals surface area contributed by atoms with Crippen LogP contribution in [0.25, 0.3) is 0 Å². The second-order valence-corrected chi connectivity index (χ2v) is 6.14. The third-order valence-corrected chi connectivity index (χ3v) is 3.98. The van der Waals surface area contributed by atoms with Crippen molar-refractivity contribution >= 4 is 5.69 Å². The minimum Gasteiger partial charge on any atom is -0.368 e. The van der Waals surface area contributed by atoms with E-state index >= 15 is 0 Å². The summed E-state index contributed by atoms with van der Waals surface area (Å²) in [6.07, 6.45) is 6.60. The molecular formula is C16H24N2. The molecule has 0 saturated heterocycles. The summed E-state index contributed by atoms with van der Waals surface area (Å²) in [6, 6.07) is 9.90. The largest absolute Gasteiger partial charge is 0.368 e. The number of nitrogens with two attached hydrogens (primary N) is 1. The van der Waals surface area contributed by atoms with Gasteiger partial charge in [-0.3, -0.25) is 0 Å². The zero-order chi connectivity index (χ0) is 12.5. The van der Waals surface area contributed by atoms with E-state index in [2.05, 4.69) is 36.1 Å². The molecule has 2 N–H and O–H groups in total. The Labute approximate surface area is 110 Å². The van der Waals surface area contributed by atoms with Crippen LogP contribution in [-0.2, 0) is 6.42 Å². The van der Waals surface area contributed by atoms with Crippen LogP contribution in [-0.4, -0.2) is 18.6 Å². The highest BCUT2D eigenvalue weighted by molar-refractivity contribution is 5.56. The molecule has 18 heavy (non-hydrogen) atoms. The molecule has 1 unspecified atom stereocenters. The van der Waals surface area contributed by atoms with Crippen LogP contribution in [0.5, 0.6) is 0 Å². The lowest BCUT2D eigenvalue weighted by Gasteiger charge is -2.27. The molecule has 1 aromatic rings. The number of para-hydroxylation sites is 1. The third-order valence-electron chi connectivity index (χ3n) is 3.98. The maximum atomic E-state index is 5.98. The van der Waals surface area contributed by atoms with Gasteiger partial charge in [-0.25, -0.2) is 0 Å². The quantitative estimate of drug-likeness (QED) is 0.833. The molecule has 2 saturated carbocycles. The molecule has 0 heterocycles. The fourth-order valence-electron chi connectivity index (χ4n) is 2.72. The summed E-state index contributed by atoms with van der Waals surface area (Å²) in [5, 5.41) is 0. The molecule has 1 atom stereocenters. The molecule has 98 valence electrons. The second-order valence-electron chi connectivity index (χ2n) is 6.14. The van der Waals surface area contributed by atoms with Crippen molar-refractivity contribution in [2.24, 2.45) is 11.7 Å². The highest BCUT2D eigenvalue weighted by atomic mass is 15.2. The van der Waals surface area contributed by atoms with E-state index in [1.54, 1.807) is 0 Å². The fraction of sp³-hybridized carbons (Fsp3) is 0.625. The zero-order valence-electron chi connectivity index (χ0n) is 11.3. The lowest BCUT2D eigenvalue weighted by atomic mass is 10.0. The van der Waals surface area contributed by atoms with Crippen LogP contribution < -0.4 is 10.6 Å². The Morgan fingerprint density at radius 2 is 1.94 bits per heavy atom. The van der Waals surface area contributed by atoms with Crippen LogP contribution in [0.15, 0.2) is 24.3 Å². The smallest absolute Gasteiger partial charge is 0.0401 e. The minimum atomic E-state index is 0.244. The fourth-order valence-corrected chi connectivity index (χ4v) is 2.72. The first kappa shape index (κ1) is 12.0.